The Bertz CT molecular complexity index is 2270. The van der Waals surface area contributed by atoms with Gasteiger partial charge in [-0.1, -0.05) is 29.8 Å². The fourth-order valence-electron chi connectivity index (χ4n) is 6.92. The van der Waals surface area contributed by atoms with Crippen molar-refractivity contribution >= 4 is 70.5 Å². The van der Waals surface area contributed by atoms with Crippen molar-refractivity contribution in [1.29, 1.82) is 15.9 Å². The first kappa shape index (κ1) is 46.0. The highest BCUT2D eigenvalue weighted by atomic mass is 79.9. The Hall–Kier alpha value is -6.09. The van der Waals surface area contributed by atoms with Crippen LogP contribution in [0.15, 0.2) is 70.8 Å². The minimum absolute atomic E-state index is 0.104. The fraction of sp³-hybridized carbons (Fsp3) is 0.350. The van der Waals surface area contributed by atoms with E-state index < -0.39 is 31.9 Å². The first-order chi connectivity index (χ1) is 29.3. The molecule has 0 radical (unpaired) electrons. The molecule has 0 saturated carbocycles. The number of nitrogens with one attached hydrogen (secondary N) is 3. The highest BCUT2D eigenvalue weighted by Crippen LogP contribution is 2.37. The van der Waals surface area contributed by atoms with Gasteiger partial charge < -0.3 is 56.7 Å². The van der Waals surface area contributed by atoms with Gasteiger partial charge in [0.05, 0.1) is 54.8 Å². The van der Waals surface area contributed by atoms with Crippen molar-refractivity contribution in [3.8, 4) is 23.6 Å². The van der Waals surface area contributed by atoms with Gasteiger partial charge in [0, 0.05) is 46.9 Å². The van der Waals surface area contributed by atoms with Gasteiger partial charge >= 0.3 is 14.2 Å². The number of amides is 2. The van der Waals surface area contributed by atoms with Crippen molar-refractivity contribution in [2.45, 2.75) is 51.6 Å². The number of allylic oxidation sites excluding steroid dienone is 2. The van der Waals surface area contributed by atoms with Crippen LogP contribution < -0.4 is 37.1 Å². The molecular weight excluding hydrogens is 850 g/mol. The number of ether oxygens (including phenoxy) is 2. The molecule has 18 nitrogen and oxygen atoms in total. The molecule has 4 atom stereocenters. The number of benzene rings is 2. The van der Waals surface area contributed by atoms with Crippen molar-refractivity contribution in [3.05, 3.63) is 87.5 Å². The van der Waals surface area contributed by atoms with E-state index in [9.17, 15) is 24.9 Å². The molecule has 5 heterocycles. The average molecular weight is 897 g/mol. The third-order valence-electron chi connectivity index (χ3n) is 10.2. The molecule has 2 amide bonds. The summed E-state index contributed by atoms with van der Waals surface area (Å²) in [4.78, 5) is 23.0. The van der Waals surface area contributed by atoms with Gasteiger partial charge in [0.2, 0.25) is 0 Å². The van der Waals surface area contributed by atoms with E-state index in [4.69, 9.17) is 46.7 Å². The average Bonchev–Trinajstić information content (AvgIpc) is 3.67. The molecule has 21 heteroatoms. The van der Waals surface area contributed by atoms with Crippen molar-refractivity contribution in [3.63, 3.8) is 0 Å². The lowest BCUT2D eigenvalue weighted by Gasteiger charge is -2.27. The molecule has 7 rings (SSSR count). The molecule has 318 valence electrons. The summed E-state index contributed by atoms with van der Waals surface area (Å²) in [5.41, 5.74) is 20.6. The Labute approximate surface area is 362 Å². The van der Waals surface area contributed by atoms with Crippen LogP contribution in [0.4, 0.5) is 11.5 Å². The second-order valence-electron chi connectivity index (χ2n) is 14.2. The molecule has 2 aromatic carbocycles. The standard InChI is InChI=1S/C20H22BN5O4.C10H10BBrO2.C10H15N5O2/c1-2-12-8-21(28)30-18-4-3-14(7-15(12)18)24-20-16(19(23)27)10-26(25-20)17-11-29-6-5-13(17)9-22;1-2-7-6-11(13)14-10-4-3-8(12)5-9(7)10;11-3-6-1-2-17-5-8(6)15-4-7(9(12)13)10(14)16/h3-4,7-8,10,13,17,28H,2,5-6,11H2,1H3,(H2,23,27)(H,24,25);3-6,13H,2H2,1H3;4,6,8,15H,1-2,5H2,(H3,12,13)(H2,14,16)/b;;7-4+/t13-,17?;;6-,8?/m1.0/s1. The Morgan fingerprint density at radius 3 is 2.11 bits per heavy atom. The number of carbonyl (C=O) groups is 2. The van der Waals surface area contributed by atoms with Gasteiger partial charge in [-0.15, -0.1) is 0 Å². The minimum Gasteiger partial charge on any atom is -0.532 e. The van der Waals surface area contributed by atoms with Crippen molar-refractivity contribution in [1.82, 2.24) is 15.1 Å². The normalized spacial score (nSPS) is 20.3. The second kappa shape index (κ2) is 21.4. The van der Waals surface area contributed by atoms with Gasteiger partial charge in [-0.3, -0.25) is 19.7 Å². The van der Waals surface area contributed by atoms with Crippen LogP contribution in [0.1, 0.15) is 67.1 Å². The third-order valence-corrected chi connectivity index (χ3v) is 10.7. The second-order valence-corrected chi connectivity index (χ2v) is 15.1. The number of hydrogen-bond acceptors (Lipinski definition) is 14. The maximum absolute atomic E-state index is 12.0. The van der Waals surface area contributed by atoms with E-state index in [0.717, 1.165) is 45.3 Å². The number of anilines is 2. The SMILES string of the molecule is CCC1=CB(O)Oc2ccc(Br)cc21.CCC1=CB(O)Oc2ccc(Nc3nn(C4COCC[C@@H]4C#N)cc3C(N)=O)cc21.N#C[C@@H]1CCOCC1N/C=C(\C(=N)N)C(N)=O. The first-order valence-corrected chi connectivity index (χ1v) is 20.3. The number of primary amides is 2. The molecule has 0 bridgehead atoms. The lowest BCUT2D eigenvalue weighted by molar-refractivity contribution is -0.114. The molecule has 4 aliphatic heterocycles. The molecule has 4 aliphatic rings. The zero-order chi connectivity index (χ0) is 44.2. The summed E-state index contributed by atoms with van der Waals surface area (Å²) < 4.78 is 24.1. The van der Waals surface area contributed by atoms with Crippen LogP contribution in [0.25, 0.3) is 11.1 Å². The Kier molecular flexibility index (Phi) is 16.2. The van der Waals surface area contributed by atoms with Gasteiger partial charge in [0.1, 0.15) is 22.9 Å². The van der Waals surface area contributed by atoms with Crippen LogP contribution in [0.2, 0.25) is 0 Å². The van der Waals surface area contributed by atoms with Crippen LogP contribution in [-0.4, -0.2) is 84.2 Å². The highest BCUT2D eigenvalue weighted by Gasteiger charge is 2.30. The number of hydrogen-bond donors (Lipinski definition) is 8. The molecule has 2 unspecified atom stereocenters. The number of rotatable bonds is 10. The van der Waals surface area contributed by atoms with Crippen molar-refractivity contribution in [2.75, 3.05) is 31.7 Å². The number of aromatic nitrogens is 2. The van der Waals surface area contributed by atoms with Crippen LogP contribution in [-0.2, 0) is 14.3 Å². The maximum atomic E-state index is 12.0. The molecular formula is C40H47B2BrN10O8. The molecule has 0 aliphatic carbocycles. The third kappa shape index (κ3) is 11.8. The summed E-state index contributed by atoms with van der Waals surface area (Å²) in [6.45, 7) is 5.87. The van der Waals surface area contributed by atoms with Gasteiger partial charge in [-0.05, 0) is 85.2 Å². The number of nitriles is 2. The zero-order valence-corrected chi connectivity index (χ0v) is 35.2. The van der Waals surface area contributed by atoms with Crippen molar-refractivity contribution < 1.29 is 38.4 Å². The highest BCUT2D eigenvalue weighted by molar-refractivity contribution is 9.10. The van der Waals surface area contributed by atoms with E-state index in [1.807, 2.05) is 31.2 Å². The number of amidine groups is 1. The fourth-order valence-corrected chi connectivity index (χ4v) is 7.28. The molecule has 2 saturated heterocycles. The number of carbonyl (C=O) groups excluding carboxylic acids is 2. The van der Waals surface area contributed by atoms with E-state index in [1.54, 1.807) is 35.0 Å². The van der Waals surface area contributed by atoms with Gasteiger partial charge in [-0.2, -0.15) is 15.6 Å². The van der Waals surface area contributed by atoms with E-state index >= 15 is 0 Å². The quantitative estimate of drug-likeness (QED) is 0.0626. The summed E-state index contributed by atoms with van der Waals surface area (Å²) in [6.07, 6.45) is 5.70. The number of nitrogens with zero attached hydrogens (tertiary/aromatic N) is 4. The van der Waals surface area contributed by atoms with E-state index in [0.29, 0.717) is 56.5 Å². The molecule has 11 N–H and O–H groups in total. The number of nitrogens with two attached hydrogens (primary N) is 3. The van der Waals surface area contributed by atoms with E-state index in [-0.39, 0.29) is 35.1 Å². The summed E-state index contributed by atoms with van der Waals surface area (Å²) in [7, 11) is -1.77. The van der Waals surface area contributed by atoms with E-state index in [2.05, 4.69) is 50.7 Å². The largest absolute Gasteiger partial charge is 0.552 e. The molecule has 1 aromatic heterocycles. The maximum Gasteiger partial charge on any atom is 0.552 e. The van der Waals surface area contributed by atoms with Crippen LogP contribution in [0.5, 0.6) is 11.5 Å². The number of fused-ring (bicyclic) bond motifs is 2. The van der Waals surface area contributed by atoms with Crippen LogP contribution >= 0.6 is 15.9 Å². The van der Waals surface area contributed by atoms with E-state index in [1.165, 1.54) is 6.20 Å². The zero-order valence-electron chi connectivity index (χ0n) is 33.6. The molecule has 2 fully saturated rings. The summed E-state index contributed by atoms with van der Waals surface area (Å²) in [5, 5.41) is 55.3. The van der Waals surface area contributed by atoms with Crippen LogP contribution in [0.3, 0.4) is 0 Å². The molecule has 3 aromatic rings. The van der Waals surface area contributed by atoms with Gasteiger partial charge in [0.15, 0.2) is 5.82 Å². The first-order valence-electron chi connectivity index (χ1n) is 19.5. The lowest BCUT2D eigenvalue weighted by Crippen LogP contribution is -2.41. The van der Waals surface area contributed by atoms with Crippen LogP contribution in [0, 0.1) is 39.9 Å². The number of halogens is 1. The summed E-state index contributed by atoms with van der Waals surface area (Å²) in [6, 6.07) is 15.1. The Morgan fingerprint density at radius 2 is 1.54 bits per heavy atom. The monoisotopic (exact) mass is 896 g/mol. The smallest absolute Gasteiger partial charge is 0.532 e. The Morgan fingerprint density at radius 1 is 0.951 bits per heavy atom. The molecule has 0 spiro atoms. The Balaban J connectivity index is 0.000000192. The van der Waals surface area contributed by atoms with Gasteiger partial charge in [-0.25, -0.2) is 0 Å². The predicted octanol–water partition coefficient (Wildman–Crippen LogP) is 3.50. The predicted molar refractivity (Wildman–Crippen MR) is 233 cm³/mol. The van der Waals surface area contributed by atoms with Gasteiger partial charge in [0.25, 0.3) is 11.8 Å². The summed E-state index contributed by atoms with van der Waals surface area (Å²) in [5.74, 6) is 2.80. The molecule has 61 heavy (non-hydrogen) atoms. The minimum atomic E-state index is -0.964. The van der Waals surface area contributed by atoms with Crippen molar-refractivity contribution in [2.24, 2.45) is 29.0 Å². The summed E-state index contributed by atoms with van der Waals surface area (Å²) >= 11 is 3.42. The lowest BCUT2D eigenvalue weighted by atomic mass is 9.81. The topological polar surface area (TPSA) is 303 Å².